The zero-order valence-corrected chi connectivity index (χ0v) is 5.20. The normalized spacial score (nSPS) is 19.1. The summed E-state index contributed by atoms with van der Waals surface area (Å²) in [5, 5.41) is 0. The van der Waals surface area contributed by atoms with Crippen LogP contribution in [0.1, 0.15) is 13.3 Å². The fraction of sp³-hybridized carbons (Fsp3) is 0.333. The fourth-order valence-corrected chi connectivity index (χ4v) is 0.784. The van der Waals surface area contributed by atoms with Crippen molar-refractivity contribution in [2.45, 2.75) is 13.3 Å². The highest BCUT2D eigenvalue weighted by molar-refractivity contribution is 7.84. The van der Waals surface area contributed by atoms with Crippen molar-refractivity contribution in [1.29, 1.82) is 0 Å². The third-order valence-corrected chi connectivity index (χ3v) is 1.67. The van der Waals surface area contributed by atoms with Crippen molar-refractivity contribution in [3.63, 3.8) is 0 Å². The van der Waals surface area contributed by atoms with E-state index >= 15 is 0 Å². The van der Waals surface area contributed by atoms with Crippen molar-refractivity contribution in [3.05, 3.63) is 22.6 Å². The molecule has 0 nitrogen and oxygen atoms in total. The van der Waals surface area contributed by atoms with Gasteiger partial charge in [-0.1, -0.05) is 12.2 Å². The molecular weight excluding hydrogens is 104 g/mol. The molecule has 0 aromatic rings. The van der Waals surface area contributed by atoms with Crippen molar-refractivity contribution in [2.75, 3.05) is 0 Å². The summed E-state index contributed by atoms with van der Waals surface area (Å²) in [5.74, 6) is 0. The number of hydrogen-bond donors (Lipinski definition) is 1. The van der Waals surface area contributed by atoms with Gasteiger partial charge in [-0.05, 0) is 23.8 Å². The van der Waals surface area contributed by atoms with Crippen molar-refractivity contribution in [2.24, 2.45) is 0 Å². The van der Waals surface area contributed by atoms with E-state index in [1.807, 2.05) is 0 Å². The third kappa shape index (κ3) is 0.885. The van der Waals surface area contributed by atoms with Crippen LogP contribution in [-0.2, 0) is 0 Å². The van der Waals surface area contributed by atoms with Crippen LogP contribution in [0.3, 0.4) is 0 Å². The van der Waals surface area contributed by atoms with Crippen LogP contribution < -0.4 is 0 Å². The average Bonchev–Trinajstić information content (AvgIpc) is 1.91. The van der Waals surface area contributed by atoms with E-state index in [1.54, 1.807) is 0 Å². The van der Waals surface area contributed by atoms with Gasteiger partial charge < -0.3 is 0 Å². The molecule has 0 unspecified atom stereocenters. The molecule has 0 radical (unpaired) electrons. The van der Waals surface area contributed by atoms with Crippen LogP contribution >= 0.6 is 12.6 Å². The predicted octanol–water partition coefficient (Wildman–Crippen LogP) is 2.15. The Kier molecular flexibility index (Phi) is 1.24. The molecule has 0 heterocycles. The van der Waals surface area contributed by atoms with Gasteiger partial charge >= 0.3 is 0 Å². The fourth-order valence-electron chi connectivity index (χ4n) is 0.605. The lowest BCUT2D eigenvalue weighted by Gasteiger charge is -1.86. The first kappa shape index (κ1) is 4.98. The first-order valence-corrected chi connectivity index (χ1v) is 2.80. The molecule has 1 aliphatic rings. The Bertz CT molecular complexity index is 131. The quantitative estimate of drug-likeness (QED) is 0.456. The Morgan fingerprint density at radius 2 is 2.43 bits per heavy atom. The maximum Gasteiger partial charge on any atom is -0.00340 e. The molecule has 1 heteroatoms. The van der Waals surface area contributed by atoms with E-state index in [2.05, 4.69) is 31.7 Å². The minimum absolute atomic E-state index is 1.04. The average molecular weight is 112 g/mol. The molecule has 0 aromatic carbocycles. The van der Waals surface area contributed by atoms with E-state index in [1.165, 1.54) is 10.5 Å². The summed E-state index contributed by atoms with van der Waals surface area (Å²) in [7, 11) is 0. The highest BCUT2D eigenvalue weighted by atomic mass is 32.1. The second-order valence-electron chi connectivity index (χ2n) is 1.74. The Balaban J connectivity index is 2.79. The Morgan fingerprint density at radius 3 is 2.57 bits per heavy atom. The lowest BCUT2D eigenvalue weighted by atomic mass is 10.3. The lowest BCUT2D eigenvalue weighted by molar-refractivity contribution is 1.39. The summed E-state index contributed by atoms with van der Waals surface area (Å²) >= 11 is 4.20. The van der Waals surface area contributed by atoms with Crippen molar-refractivity contribution in [1.82, 2.24) is 0 Å². The Morgan fingerprint density at radius 1 is 1.71 bits per heavy atom. The summed E-state index contributed by atoms with van der Waals surface area (Å²) < 4.78 is 0. The number of thiol groups is 1. The summed E-state index contributed by atoms with van der Waals surface area (Å²) in [5.41, 5.74) is 1.31. The second-order valence-corrected chi connectivity index (χ2v) is 2.28. The number of hydrogen-bond acceptors (Lipinski definition) is 1. The van der Waals surface area contributed by atoms with E-state index in [-0.39, 0.29) is 0 Å². The maximum absolute atomic E-state index is 4.20. The van der Waals surface area contributed by atoms with E-state index in [0.29, 0.717) is 0 Å². The van der Waals surface area contributed by atoms with Crippen LogP contribution in [0, 0.1) is 0 Å². The Hall–Kier alpha value is -0.170. The molecule has 38 valence electrons. The van der Waals surface area contributed by atoms with E-state index in [9.17, 15) is 0 Å². The van der Waals surface area contributed by atoms with Crippen LogP contribution in [0.2, 0.25) is 0 Å². The summed E-state index contributed by atoms with van der Waals surface area (Å²) in [4.78, 5) is 1.21. The van der Waals surface area contributed by atoms with Crippen LogP contribution in [-0.4, -0.2) is 0 Å². The van der Waals surface area contributed by atoms with Gasteiger partial charge in [-0.3, -0.25) is 0 Å². The van der Waals surface area contributed by atoms with Crippen molar-refractivity contribution in [3.8, 4) is 0 Å². The third-order valence-electron chi connectivity index (χ3n) is 1.13. The first-order chi connectivity index (χ1) is 3.30. The van der Waals surface area contributed by atoms with Gasteiger partial charge in [-0.25, -0.2) is 0 Å². The standard InChI is InChI=1S/C6H8S/c1-5-3-2-4-6(5)7/h2-3,7H,4H2,1H3. The second kappa shape index (κ2) is 1.74. The van der Waals surface area contributed by atoms with Crippen LogP contribution in [0.15, 0.2) is 22.6 Å². The molecule has 0 saturated carbocycles. The zero-order valence-electron chi connectivity index (χ0n) is 4.31. The van der Waals surface area contributed by atoms with E-state index < -0.39 is 0 Å². The molecule has 0 N–H and O–H groups in total. The van der Waals surface area contributed by atoms with Gasteiger partial charge in [0.1, 0.15) is 0 Å². The van der Waals surface area contributed by atoms with Gasteiger partial charge in [0.05, 0.1) is 0 Å². The van der Waals surface area contributed by atoms with Gasteiger partial charge in [-0.2, -0.15) is 0 Å². The number of allylic oxidation sites excluding steroid dienone is 4. The van der Waals surface area contributed by atoms with E-state index in [4.69, 9.17) is 0 Å². The molecule has 0 saturated heterocycles. The lowest BCUT2D eigenvalue weighted by Crippen LogP contribution is -1.63. The monoisotopic (exact) mass is 112 g/mol. The van der Waals surface area contributed by atoms with Crippen LogP contribution in [0.5, 0.6) is 0 Å². The highest BCUT2D eigenvalue weighted by Crippen LogP contribution is 2.20. The van der Waals surface area contributed by atoms with Crippen molar-refractivity contribution < 1.29 is 0 Å². The highest BCUT2D eigenvalue weighted by Gasteiger charge is 1.96. The summed E-state index contributed by atoms with van der Waals surface area (Å²) in [6.45, 7) is 2.08. The molecule has 0 amide bonds. The van der Waals surface area contributed by atoms with E-state index in [0.717, 1.165) is 6.42 Å². The Labute approximate surface area is 49.3 Å². The van der Waals surface area contributed by atoms with Gasteiger partial charge in [-0.15, -0.1) is 12.6 Å². The molecule has 7 heavy (non-hydrogen) atoms. The van der Waals surface area contributed by atoms with Gasteiger partial charge in [0.15, 0.2) is 0 Å². The van der Waals surface area contributed by atoms with Gasteiger partial charge in [0, 0.05) is 0 Å². The molecule has 0 bridgehead atoms. The molecular formula is C6H8S. The molecule has 0 aromatic heterocycles. The van der Waals surface area contributed by atoms with Crippen LogP contribution in [0.4, 0.5) is 0 Å². The molecule has 1 aliphatic carbocycles. The molecule has 1 rings (SSSR count). The number of rotatable bonds is 0. The molecule has 0 atom stereocenters. The minimum atomic E-state index is 1.04. The predicted molar refractivity (Wildman–Crippen MR) is 35.4 cm³/mol. The molecule has 0 fully saturated rings. The summed E-state index contributed by atoms with van der Waals surface area (Å²) in [6, 6.07) is 0. The molecule has 0 aliphatic heterocycles. The van der Waals surface area contributed by atoms with Gasteiger partial charge in [0.25, 0.3) is 0 Å². The van der Waals surface area contributed by atoms with Gasteiger partial charge in [0.2, 0.25) is 0 Å². The minimum Gasteiger partial charge on any atom is -0.147 e. The van der Waals surface area contributed by atoms with Crippen molar-refractivity contribution >= 4 is 12.6 Å². The smallest absolute Gasteiger partial charge is 0.00340 e. The largest absolute Gasteiger partial charge is 0.147 e. The SMILES string of the molecule is CC1=C(S)CC=C1. The molecule has 0 spiro atoms. The first-order valence-electron chi connectivity index (χ1n) is 2.36. The zero-order chi connectivity index (χ0) is 5.28. The topological polar surface area (TPSA) is 0 Å². The summed E-state index contributed by atoms with van der Waals surface area (Å²) in [6.07, 6.45) is 5.26. The van der Waals surface area contributed by atoms with Crippen LogP contribution in [0.25, 0.3) is 0 Å². The maximum atomic E-state index is 4.20.